The summed E-state index contributed by atoms with van der Waals surface area (Å²) in [6, 6.07) is 12.6. The van der Waals surface area contributed by atoms with Crippen molar-refractivity contribution in [3.05, 3.63) is 71.6 Å². The molecule has 0 aromatic heterocycles. The van der Waals surface area contributed by atoms with Gasteiger partial charge in [-0.25, -0.2) is 0 Å². The third-order valence-electron chi connectivity index (χ3n) is 6.31. The van der Waals surface area contributed by atoms with E-state index in [-0.39, 0.29) is 30.9 Å². The fourth-order valence-corrected chi connectivity index (χ4v) is 3.68. The van der Waals surface area contributed by atoms with Crippen LogP contribution in [-0.4, -0.2) is 77.7 Å². The molecule has 2 aromatic rings. The molecule has 2 aromatic carbocycles. The second kappa shape index (κ2) is 15.4. The zero-order valence-corrected chi connectivity index (χ0v) is 23.3. The number of amides is 4. The summed E-state index contributed by atoms with van der Waals surface area (Å²) in [7, 11) is 1.45. The van der Waals surface area contributed by atoms with Crippen molar-refractivity contribution in [1.82, 2.24) is 20.9 Å². The van der Waals surface area contributed by atoms with Gasteiger partial charge in [-0.1, -0.05) is 56.3 Å². The average molecular weight is 553 g/mol. The molecule has 0 aliphatic heterocycles. The quantitative estimate of drug-likeness (QED) is 0.224. The molecular formula is C29H38N5O6. The Labute approximate surface area is 234 Å². The normalized spacial score (nSPS) is 13.1. The summed E-state index contributed by atoms with van der Waals surface area (Å²) in [5.41, 5.74) is 7.51. The minimum Gasteiger partial charge on any atom is -0.508 e. The highest BCUT2D eigenvalue weighted by molar-refractivity contribution is 5.97. The Morgan fingerprint density at radius 3 is 2.00 bits per heavy atom. The number of aromatic hydroxyl groups is 1. The van der Waals surface area contributed by atoms with Gasteiger partial charge in [0, 0.05) is 19.4 Å². The van der Waals surface area contributed by atoms with E-state index in [0.717, 1.165) is 11.1 Å². The average Bonchev–Trinajstić information content (AvgIpc) is 2.93. The number of nitrogens with two attached hydrogens (primary N) is 1. The highest BCUT2D eigenvalue weighted by Gasteiger charge is 2.28. The van der Waals surface area contributed by atoms with Gasteiger partial charge < -0.3 is 31.7 Å². The van der Waals surface area contributed by atoms with Gasteiger partial charge in [0.1, 0.15) is 17.8 Å². The molecule has 0 saturated carbocycles. The standard InChI is InChI=1S/C29H38N5O6/c1-18(2)25(36)16-31-29(40)24(15-20-8-6-5-7-9-20)34(4)26(37)17-32-27(38)19(3)33-28(39)23(30)14-21-10-12-22(35)13-11-21/h5-13,19,23-24,35H,14-17,30H2,1-4H3,(H,31,40)(H,32,38)(H,33,39)/t19-,23+,24?/m1/s1. The number of rotatable bonds is 14. The van der Waals surface area contributed by atoms with Crippen molar-refractivity contribution in [2.75, 3.05) is 20.1 Å². The first kappa shape index (κ1) is 32.0. The van der Waals surface area contributed by atoms with E-state index < -0.39 is 48.3 Å². The molecule has 0 saturated heterocycles. The molecular weight excluding hydrogens is 514 g/mol. The second-order valence-electron chi connectivity index (χ2n) is 9.78. The summed E-state index contributed by atoms with van der Waals surface area (Å²) in [4.78, 5) is 64.1. The third-order valence-corrected chi connectivity index (χ3v) is 6.31. The Morgan fingerprint density at radius 2 is 1.40 bits per heavy atom. The van der Waals surface area contributed by atoms with Crippen molar-refractivity contribution < 1.29 is 29.1 Å². The largest absolute Gasteiger partial charge is 0.508 e. The zero-order valence-electron chi connectivity index (χ0n) is 23.3. The van der Waals surface area contributed by atoms with E-state index in [1.165, 1.54) is 31.0 Å². The van der Waals surface area contributed by atoms with Crippen molar-refractivity contribution >= 4 is 29.4 Å². The van der Waals surface area contributed by atoms with Crippen molar-refractivity contribution in [2.24, 2.45) is 5.73 Å². The number of carbonyl (C=O) groups excluding carboxylic acids is 5. The maximum atomic E-state index is 13.0. The summed E-state index contributed by atoms with van der Waals surface area (Å²) in [6.07, 6.45) is 0.410. The van der Waals surface area contributed by atoms with Crippen LogP contribution in [0.4, 0.5) is 0 Å². The van der Waals surface area contributed by atoms with Crippen molar-refractivity contribution in [1.29, 1.82) is 0 Å². The van der Waals surface area contributed by atoms with E-state index in [4.69, 9.17) is 5.73 Å². The Kier molecular flexibility index (Phi) is 12.3. The van der Waals surface area contributed by atoms with E-state index >= 15 is 0 Å². The first-order valence-corrected chi connectivity index (χ1v) is 12.9. The minimum absolute atomic E-state index is 0.0969. The van der Waals surface area contributed by atoms with E-state index in [1.54, 1.807) is 26.0 Å². The molecule has 3 atom stereocenters. The molecule has 0 bridgehead atoms. The Hall–Kier alpha value is -4.25. The van der Waals surface area contributed by atoms with Gasteiger partial charge in [0.15, 0.2) is 5.78 Å². The van der Waals surface area contributed by atoms with E-state index in [9.17, 15) is 29.1 Å². The molecule has 4 amide bonds. The van der Waals surface area contributed by atoms with Gasteiger partial charge in [-0.3, -0.25) is 24.0 Å². The number of phenols is 1. The van der Waals surface area contributed by atoms with E-state index in [1.807, 2.05) is 30.3 Å². The number of nitrogens with zero attached hydrogens (tertiary/aromatic N) is 1. The van der Waals surface area contributed by atoms with Crippen LogP contribution in [-0.2, 0) is 36.8 Å². The SMILES string of the molecule is C[C](C)C(=O)CNC(=O)C(Cc1ccccc1)N(C)C(=O)CNC(=O)[C@@H](C)NC(=O)[C@@H](N)Cc1ccc(O)cc1. The van der Waals surface area contributed by atoms with Crippen LogP contribution >= 0.6 is 0 Å². The highest BCUT2D eigenvalue weighted by atomic mass is 16.3. The number of benzene rings is 2. The predicted octanol–water partition coefficient (Wildman–Crippen LogP) is 0.252. The van der Waals surface area contributed by atoms with Crippen LogP contribution in [0.3, 0.4) is 0 Å². The van der Waals surface area contributed by atoms with Crippen LogP contribution in [0.5, 0.6) is 5.75 Å². The van der Waals surface area contributed by atoms with Crippen LogP contribution in [0.15, 0.2) is 54.6 Å². The van der Waals surface area contributed by atoms with Gasteiger partial charge in [0.05, 0.1) is 19.1 Å². The molecule has 215 valence electrons. The van der Waals surface area contributed by atoms with Crippen LogP contribution in [0.25, 0.3) is 0 Å². The van der Waals surface area contributed by atoms with Crippen LogP contribution in [0.2, 0.25) is 0 Å². The minimum atomic E-state index is -0.973. The Balaban J connectivity index is 1.94. The number of Topliss-reactive ketones (excluding diaryl/α,β-unsaturated/α-hetero) is 1. The number of likely N-dealkylation sites (N-methyl/N-ethyl adjacent to an activating group) is 1. The lowest BCUT2D eigenvalue weighted by molar-refractivity contribution is -0.139. The Morgan fingerprint density at radius 1 is 0.825 bits per heavy atom. The third kappa shape index (κ3) is 10.1. The van der Waals surface area contributed by atoms with Gasteiger partial charge in [0.2, 0.25) is 23.6 Å². The van der Waals surface area contributed by atoms with Crippen molar-refractivity contribution in [3.63, 3.8) is 0 Å². The lowest BCUT2D eigenvalue weighted by atomic mass is 10.0. The number of phenolic OH excluding ortho intramolecular Hbond substituents is 1. The summed E-state index contributed by atoms with van der Waals surface area (Å²) in [6.45, 7) is 4.18. The van der Waals surface area contributed by atoms with E-state index in [2.05, 4.69) is 16.0 Å². The van der Waals surface area contributed by atoms with Crippen molar-refractivity contribution in [2.45, 2.75) is 51.7 Å². The second-order valence-corrected chi connectivity index (χ2v) is 9.78. The zero-order chi connectivity index (χ0) is 29.8. The number of nitrogens with one attached hydrogen (secondary N) is 3. The van der Waals surface area contributed by atoms with Crippen molar-refractivity contribution in [3.8, 4) is 5.75 Å². The topological polar surface area (TPSA) is 171 Å². The lowest BCUT2D eigenvalue weighted by Crippen LogP contribution is -2.54. The molecule has 1 unspecified atom stereocenters. The van der Waals surface area contributed by atoms with Crippen LogP contribution in [0.1, 0.15) is 31.9 Å². The summed E-state index contributed by atoms with van der Waals surface area (Å²) in [5.74, 6) is -1.75. The van der Waals surface area contributed by atoms with Gasteiger partial charge in [-0.2, -0.15) is 0 Å². The first-order chi connectivity index (χ1) is 18.9. The van der Waals surface area contributed by atoms with Gasteiger partial charge in [0.25, 0.3) is 0 Å². The lowest BCUT2D eigenvalue weighted by Gasteiger charge is -2.28. The molecule has 11 nitrogen and oxygen atoms in total. The van der Waals surface area contributed by atoms with E-state index in [0.29, 0.717) is 5.92 Å². The monoisotopic (exact) mass is 552 g/mol. The van der Waals surface area contributed by atoms with Gasteiger partial charge in [-0.15, -0.1) is 0 Å². The number of carbonyl (C=O) groups is 5. The molecule has 0 heterocycles. The molecule has 0 aliphatic rings. The van der Waals surface area contributed by atoms with Crippen LogP contribution in [0, 0.1) is 5.92 Å². The molecule has 1 radical (unpaired) electrons. The number of hydrogen-bond acceptors (Lipinski definition) is 7. The van der Waals surface area contributed by atoms with Crippen LogP contribution < -0.4 is 21.7 Å². The smallest absolute Gasteiger partial charge is 0.243 e. The first-order valence-electron chi connectivity index (χ1n) is 12.9. The molecule has 2 rings (SSSR count). The summed E-state index contributed by atoms with van der Waals surface area (Å²) in [5, 5.41) is 17.0. The molecule has 0 fully saturated rings. The predicted molar refractivity (Wildman–Crippen MR) is 150 cm³/mol. The fraction of sp³-hybridized carbons (Fsp3) is 0.379. The fourth-order valence-electron chi connectivity index (χ4n) is 3.68. The summed E-state index contributed by atoms with van der Waals surface area (Å²) >= 11 is 0. The number of hydrogen-bond donors (Lipinski definition) is 5. The molecule has 40 heavy (non-hydrogen) atoms. The molecule has 6 N–H and O–H groups in total. The molecule has 0 spiro atoms. The van der Waals surface area contributed by atoms with Gasteiger partial charge >= 0.3 is 0 Å². The summed E-state index contributed by atoms with van der Waals surface area (Å²) < 4.78 is 0. The maximum Gasteiger partial charge on any atom is 0.243 e. The number of ketones is 1. The molecule has 0 aliphatic carbocycles. The molecule has 11 heteroatoms. The van der Waals surface area contributed by atoms with Gasteiger partial charge in [-0.05, 0) is 36.6 Å². The Bertz CT molecular complexity index is 1170. The highest BCUT2D eigenvalue weighted by Crippen LogP contribution is 2.11. The maximum absolute atomic E-state index is 13.0.